The highest BCUT2D eigenvalue weighted by molar-refractivity contribution is 7.89. The first kappa shape index (κ1) is 14.3. The topological polar surface area (TPSA) is 91.1 Å². The lowest BCUT2D eigenvalue weighted by Gasteiger charge is -2.21. The average molecular weight is 305 g/mol. The molecule has 3 rings (SSSR count). The fourth-order valence-corrected chi connectivity index (χ4v) is 3.65. The third kappa shape index (κ3) is 2.50. The predicted octanol–water partition coefficient (Wildman–Crippen LogP) is 1.77. The molecule has 0 saturated carbocycles. The van der Waals surface area contributed by atoms with Gasteiger partial charge in [-0.1, -0.05) is 6.07 Å². The van der Waals surface area contributed by atoms with E-state index in [1.165, 1.54) is 17.3 Å². The number of fused-ring (bicyclic) bond motifs is 1. The van der Waals surface area contributed by atoms with Gasteiger partial charge in [-0.2, -0.15) is 0 Å². The number of rotatable bonds is 2. The van der Waals surface area contributed by atoms with Gasteiger partial charge in [0.05, 0.1) is 4.90 Å². The van der Waals surface area contributed by atoms with Gasteiger partial charge in [0, 0.05) is 23.1 Å². The first-order chi connectivity index (χ1) is 9.88. The molecule has 2 aromatic rings. The van der Waals surface area contributed by atoms with Crippen molar-refractivity contribution in [2.24, 2.45) is 10.9 Å². The maximum Gasteiger partial charge on any atom is 0.238 e. The van der Waals surface area contributed by atoms with Crippen LogP contribution in [0.15, 0.2) is 35.2 Å². The summed E-state index contributed by atoms with van der Waals surface area (Å²) < 4.78 is 25.1. The standard InChI is InChI=1S/C15H19N3O2S/c1-10-8-13-14(16)6-3-7-15(13)18(10)11-4-2-5-12(9-11)21(17,19)20/h2,4-5,8-9,14H,3,6-7,16H2,1H3,(H2,17,19,20). The number of nitrogens with zero attached hydrogens (tertiary/aromatic N) is 1. The molecule has 1 heterocycles. The molecule has 1 aromatic heterocycles. The number of primary sulfonamides is 1. The maximum absolute atomic E-state index is 11.5. The van der Waals surface area contributed by atoms with Gasteiger partial charge in [-0.25, -0.2) is 13.6 Å². The Hall–Kier alpha value is -1.63. The molecule has 0 radical (unpaired) electrons. The molecule has 0 amide bonds. The van der Waals surface area contributed by atoms with Crippen LogP contribution in [0.1, 0.15) is 35.8 Å². The zero-order chi connectivity index (χ0) is 15.2. The van der Waals surface area contributed by atoms with Gasteiger partial charge in [-0.05, 0) is 56.0 Å². The Morgan fingerprint density at radius 2 is 2.05 bits per heavy atom. The summed E-state index contributed by atoms with van der Waals surface area (Å²) in [5.74, 6) is 0. The molecule has 6 heteroatoms. The largest absolute Gasteiger partial charge is 0.324 e. The third-order valence-electron chi connectivity index (χ3n) is 4.05. The van der Waals surface area contributed by atoms with E-state index in [0.717, 1.165) is 30.6 Å². The molecule has 0 spiro atoms. The highest BCUT2D eigenvalue weighted by Gasteiger charge is 2.23. The van der Waals surface area contributed by atoms with Gasteiger partial charge in [0.25, 0.3) is 0 Å². The number of aryl methyl sites for hydroxylation is 1. The van der Waals surface area contributed by atoms with Gasteiger partial charge in [0.15, 0.2) is 0 Å². The van der Waals surface area contributed by atoms with Crippen LogP contribution in [-0.4, -0.2) is 13.0 Å². The van der Waals surface area contributed by atoms with Gasteiger partial charge in [0.2, 0.25) is 10.0 Å². The molecule has 0 bridgehead atoms. The highest BCUT2D eigenvalue weighted by atomic mass is 32.2. The van der Waals surface area contributed by atoms with Crippen molar-refractivity contribution in [3.63, 3.8) is 0 Å². The maximum atomic E-state index is 11.5. The second-order valence-corrected chi connectivity index (χ2v) is 7.13. The summed E-state index contributed by atoms with van der Waals surface area (Å²) in [5.41, 5.74) is 10.4. The Morgan fingerprint density at radius 3 is 2.76 bits per heavy atom. The summed E-state index contributed by atoms with van der Waals surface area (Å²) in [4.78, 5) is 0.127. The van der Waals surface area contributed by atoms with E-state index in [1.54, 1.807) is 12.1 Å². The zero-order valence-electron chi connectivity index (χ0n) is 11.9. The number of sulfonamides is 1. The molecular weight excluding hydrogens is 286 g/mol. The second kappa shape index (κ2) is 4.98. The van der Waals surface area contributed by atoms with Crippen LogP contribution in [0.4, 0.5) is 0 Å². The number of nitrogens with two attached hydrogens (primary N) is 2. The molecule has 21 heavy (non-hydrogen) atoms. The molecule has 4 N–H and O–H groups in total. The Bertz CT molecular complexity index is 793. The van der Waals surface area contributed by atoms with Crippen LogP contribution in [0.25, 0.3) is 5.69 Å². The van der Waals surface area contributed by atoms with Crippen LogP contribution in [0, 0.1) is 6.92 Å². The molecule has 0 saturated heterocycles. The van der Waals surface area contributed by atoms with Gasteiger partial charge >= 0.3 is 0 Å². The summed E-state index contributed by atoms with van der Waals surface area (Å²) in [7, 11) is -3.70. The van der Waals surface area contributed by atoms with E-state index in [9.17, 15) is 8.42 Å². The Morgan fingerprint density at radius 1 is 1.29 bits per heavy atom. The van der Waals surface area contributed by atoms with Crippen molar-refractivity contribution < 1.29 is 8.42 Å². The van der Waals surface area contributed by atoms with Crippen LogP contribution < -0.4 is 10.9 Å². The first-order valence-corrected chi connectivity index (χ1v) is 8.52. The normalized spacial score (nSPS) is 18.5. The smallest absolute Gasteiger partial charge is 0.238 e. The number of aromatic nitrogens is 1. The van der Waals surface area contributed by atoms with E-state index in [1.807, 2.05) is 13.0 Å². The molecule has 1 unspecified atom stereocenters. The Kier molecular flexibility index (Phi) is 3.39. The van der Waals surface area contributed by atoms with Crippen LogP contribution in [0.2, 0.25) is 0 Å². The van der Waals surface area contributed by atoms with Crippen LogP contribution in [0.3, 0.4) is 0 Å². The summed E-state index contributed by atoms with van der Waals surface area (Å²) >= 11 is 0. The SMILES string of the molecule is Cc1cc2c(n1-c1cccc(S(N)(=O)=O)c1)CCCC2N. The van der Waals surface area contributed by atoms with Gasteiger partial charge in [0.1, 0.15) is 0 Å². The minimum Gasteiger partial charge on any atom is -0.324 e. The second-order valence-electron chi connectivity index (χ2n) is 5.56. The van der Waals surface area contributed by atoms with Crippen molar-refractivity contribution in [2.75, 3.05) is 0 Å². The quantitative estimate of drug-likeness (QED) is 0.885. The van der Waals surface area contributed by atoms with E-state index in [2.05, 4.69) is 10.6 Å². The lowest BCUT2D eigenvalue weighted by atomic mass is 9.93. The lowest BCUT2D eigenvalue weighted by molar-refractivity contribution is 0.559. The summed E-state index contributed by atoms with van der Waals surface area (Å²) in [6.07, 6.45) is 3.00. The highest BCUT2D eigenvalue weighted by Crippen LogP contribution is 2.33. The molecule has 0 fully saturated rings. The number of hydrogen-bond acceptors (Lipinski definition) is 3. The van der Waals surface area contributed by atoms with E-state index >= 15 is 0 Å². The van der Waals surface area contributed by atoms with E-state index < -0.39 is 10.0 Å². The fourth-order valence-electron chi connectivity index (χ4n) is 3.10. The first-order valence-electron chi connectivity index (χ1n) is 6.98. The Balaban J connectivity index is 2.18. The molecular formula is C15H19N3O2S. The molecule has 1 atom stereocenters. The van der Waals surface area contributed by atoms with E-state index in [0.29, 0.717) is 0 Å². The molecule has 1 aliphatic carbocycles. The minimum absolute atomic E-state index is 0.0649. The van der Waals surface area contributed by atoms with Crippen molar-refractivity contribution >= 4 is 10.0 Å². The van der Waals surface area contributed by atoms with E-state index in [-0.39, 0.29) is 10.9 Å². The monoisotopic (exact) mass is 305 g/mol. The fraction of sp³-hybridized carbons (Fsp3) is 0.333. The van der Waals surface area contributed by atoms with E-state index in [4.69, 9.17) is 10.9 Å². The Labute approximate surface area is 124 Å². The van der Waals surface area contributed by atoms with Crippen LogP contribution in [0.5, 0.6) is 0 Å². The number of hydrogen-bond donors (Lipinski definition) is 2. The molecule has 5 nitrogen and oxygen atoms in total. The third-order valence-corrected chi connectivity index (χ3v) is 4.96. The van der Waals surface area contributed by atoms with Crippen molar-refractivity contribution in [1.29, 1.82) is 0 Å². The van der Waals surface area contributed by atoms with Crippen molar-refractivity contribution in [2.45, 2.75) is 37.1 Å². The van der Waals surface area contributed by atoms with Crippen molar-refractivity contribution in [1.82, 2.24) is 4.57 Å². The van der Waals surface area contributed by atoms with Crippen LogP contribution in [-0.2, 0) is 16.4 Å². The van der Waals surface area contributed by atoms with Crippen LogP contribution >= 0.6 is 0 Å². The summed E-state index contributed by atoms with van der Waals surface area (Å²) in [6.45, 7) is 2.01. The average Bonchev–Trinajstić information content (AvgIpc) is 2.76. The molecule has 0 aliphatic heterocycles. The molecule has 1 aromatic carbocycles. The molecule has 1 aliphatic rings. The van der Waals surface area contributed by atoms with Gasteiger partial charge in [-0.15, -0.1) is 0 Å². The van der Waals surface area contributed by atoms with Gasteiger partial charge < -0.3 is 10.3 Å². The zero-order valence-corrected chi connectivity index (χ0v) is 12.7. The minimum atomic E-state index is -3.70. The summed E-state index contributed by atoms with van der Waals surface area (Å²) in [6, 6.07) is 8.89. The van der Waals surface area contributed by atoms with Gasteiger partial charge in [-0.3, -0.25) is 0 Å². The molecule has 112 valence electrons. The van der Waals surface area contributed by atoms with Crippen molar-refractivity contribution in [3.8, 4) is 5.69 Å². The number of benzene rings is 1. The lowest BCUT2D eigenvalue weighted by Crippen LogP contribution is -2.18. The predicted molar refractivity (Wildman–Crippen MR) is 81.7 cm³/mol. The summed E-state index contributed by atoms with van der Waals surface area (Å²) in [5, 5.41) is 5.22. The van der Waals surface area contributed by atoms with Crippen molar-refractivity contribution in [3.05, 3.63) is 47.3 Å².